The van der Waals surface area contributed by atoms with Crippen LogP contribution in [0, 0.1) is 5.92 Å². The highest BCUT2D eigenvalue weighted by Gasteiger charge is 2.34. The Balaban J connectivity index is 1.52. The van der Waals surface area contributed by atoms with Gasteiger partial charge in [-0.2, -0.15) is 0 Å². The van der Waals surface area contributed by atoms with Crippen LogP contribution in [0.1, 0.15) is 25.6 Å². The van der Waals surface area contributed by atoms with Crippen LogP contribution in [0.2, 0.25) is 0 Å². The molecule has 5 heteroatoms. The fourth-order valence-corrected chi connectivity index (χ4v) is 4.69. The SMILES string of the molecule is CCn1c(CN2C[C@H]3CC[C@@H](C2)N(CCOC)C3)nc2ccccc21. The normalized spacial score (nSPS) is 24.9. The maximum atomic E-state index is 5.31. The van der Waals surface area contributed by atoms with Crippen molar-refractivity contribution >= 4 is 11.0 Å². The van der Waals surface area contributed by atoms with E-state index in [1.54, 1.807) is 7.11 Å². The second kappa shape index (κ2) is 7.44. The highest BCUT2D eigenvalue weighted by atomic mass is 16.5. The van der Waals surface area contributed by atoms with Gasteiger partial charge in [0, 0.05) is 45.9 Å². The predicted octanol–water partition coefficient (Wildman–Crippen LogP) is 2.60. The molecule has 2 bridgehead atoms. The molecule has 5 nitrogen and oxygen atoms in total. The van der Waals surface area contributed by atoms with Crippen molar-refractivity contribution < 1.29 is 4.74 Å². The van der Waals surface area contributed by atoms with Crippen molar-refractivity contribution in [1.29, 1.82) is 0 Å². The summed E-state index contributed by atoms with van der Waals surface area (Å²) in [7, 11) is 1.80. The summed E-state index contributed by atoms with van der Waals surface area (Å²) >= 11 is 0. The number of piperidine rings is 1. The zero-order chi connectivity index (χ0) is 17.2. The van der Waals surface area contributed by atoms with Crippen molar-refractivity contribution in [2.75, 3.05) is 39.9 Å². The Morgan fingerprint density at radius 3 is 2.88 bits per heavy atom. The van der Waals surface area contributed by atoms with Gasteiger partial charge in [-0.25, -0.2) is 4.98 Å². The van der Waals surface area contributed by atoms with Gasteiger partial charge in [0.25, 0.3) is 0 Å². The van der Waals surface area contributed by atoms with Crippen LogP contribution >= 0.6 is 0 Å². The van der Waals surface area contributed by atoms with E-state index in [9.17, 15) is 0 Å². The first-order chi connectivity index (χ1) is 12.3. The number of nitrogens with zero attached hydrogens (tertiary/aromatic N) is 4. The fraction of sp³-hybridized carbons (Fsp3) is 0.650. The van der Waals surface area contributed by atoms with E-state index in [4.69, 9.17) is 9.72 Å². The number of imidazole rings is 1. The lowest BCUT2D eigenvalue weighted by molar-refractivity contribution is 0.0866. The highest BCUT2D eigenvalue weighted by molar-refractivity contribution is 5.75. The molecule has 5 rings (SSSR count). The molecule has 0 spiro atoms. The van der Waals surface area contributed by atoms with Crippen LogP contribution in [0.15, 0.2) is 24.3 Å². The molecular formula is C20H30N4O. The van der Waals surface area contributed by atoms with Crippen LogP contribution in [0.5, 0.6) is 0 Å². The van der Waals surface area contributed by atoms with Gasteiger partial charge >= 0.3 is 0 Å². The molecule has 0 amide bonds. The first-order valence-corrected chi connectivity index (χ1v) is 9.68. The van der Waals surface area contributed by atoms with E-state index in [-0.39, 0.29) is 0 Å². The van der Waals surface area contributed by atoms with Crippen LogP contribution in [-0.2, 0) is 17.8 Å². The standard InChI is InChI=1S/C20H30N4O/c1-3-24-19-7-5-4-6-18(19)21-20(24)15-22-12-16-8-9-17(14-22)23(13-16)10-11-25-2/h4-7,16-17H,3,8-15H2,1-2H3/t16-,17+/m1/s1. The molecule has 25 heavy (non-hydrogen) atoms. The van der Waals surface area contributed by atoms with Crippen LogP contribution in [-0.4, -0.2) is 65.3 Å². The molecule has 1 aromatic heterocycles. The van der Waals surface area contributed by atoms with Crippen LogP contribution in [0.4, 0.5) is 0 Å². The average molecular weight is 342 g/mol. The van der Waals surface area contributed by atoms with Crippen molar-refractivity contribution in [3.05, 3.63) is 30.1 Å². The van der Waals surface area contributed by atoms with Crippen molar-refractivity contribution in [3.8, 4) is 0 Å². The third-order valence-corrected chi connectivity index (χ3v) is 5.90. The van der Waals surface area contributed by atoms with Gasteiger partial charge in [-0.1, -0.05) is 12.1 Å². The molecule has 0 radical (unpaired) electrons. The van der Waals surface area contributed by atoms with E-state index in [0.717, 1.165) is 44.2 Å². The summed E-state index contributed by atoms with van der Waals surface area (Å²) in [6.07, 6.45) is 2.70. The number of aromatic nitrogens is 2. The maximum absolute atomic E-state index is 5.31. The predicted molar refractivity (Wildman–Crippen MR) is 101 cm³/mol. The monoisotopic (exact) mass is 342 g/mol. The Kier molecular flexibility index (Phi) is 5.06. The zero-order valence-corrected chi connectivity index (χ0v) is 15.5. The quantitative estimate of drug-likeness (QED) is 0.808. The molecule has 2 atom stereocenters. The highest BCUT2D eigenvalue weighted by Crippen LogP contribution is 2.29. The lowest BCUT2D eigenvalue weighted by Crippen LogP contribution is -2.45. The number of methoxy groups -OCH3 is 1. The number of benzene rings is 1. The molecule has 3 fully saturated rings. The van der Waals surface area contributed by atoms with E-state index in [1.807, 2.05) is 0 Å². The first-order valence-electron chi connectivity index (χ1n) is 9.68. The molecule has 0 saturated carbocycles. The molecule has 136 valence electrons. The largest absolute Gasteiger partial charge is 0.383 e. The van der Waals surface area contributed by atoms with Gasteiger partial charge in [-0.3, -0.25) is 9.80 Å². The number of fused-ring (bicyclic) bond motifs is 5. The molecular weight excluding hydrogens is 312 g/mol. The van der Waals surface area contributed by atoms with Gasteiger partial charge < -0.3 is 9.30 Å². The van der Waals surface area contributed by atoms with Crippen LogP contribution < -0.4 is 0 Å². The number of para-hydroxylation sites is 2. The Bertz CT molecular complexity index is 713. The molecule has 1 aromatic carbocycles. The second-order valence-electron chi connectivity index (χ2n) is 7.54. The van der Waals surface area contributed by atoms with E-state index in [0.29, 0.717) is 6.04 Å². The second-order valence-corrected chi connectivity index (χ2v) is 7.54. The zero-order valence-electron chi connectivity index (χ0n) is 15.5. The molecule has 0 aliphatic carbocycles. The molecule has 3 saturated heterocycles. The lowest BCUT2D eigenvalue weighted by Gasteiger charge is -2.35. The molecule has 0 unspecified atom stereocenters. The molecule has 0 N–H and O–H groups in total. The molecule has 4 heterocycles. The summed E-state index contributed by atoms with van der Waals surface area (Å²) in [5.41, 5.74) is 2.39. The van der Waals surface area contributed by atoms with Gasteiger partial charge in [-0.15, -0.1) is 0 Å². The summed E-state index contributed by atoms with van der Waals surface area (Å²) in [6.45, 7) is 9.67. The van der Waals surface area contributed by atoms with Crippen LogP contribution in [0.3, 0.4) is 0 Å². The summed E-state index contributed by atoms with van der Waals surface area (Å²) in [5, 5.41) is 0. The van der Waals surface area contributed by atoms with E-state index in [1.165, 1.54) is 37.3 Å². The Labute approximate surface area is 150 Å². The minimum Gasteiger partial charge on any atom is -0.383 e. The van der Waals surface area contributed by atoms with E-state index >= 15 is 0 Å². The van der Waals surface area contributed by atoms with Gasteiger partial charge in [0.2, 0.25) is 0 Å². The Morgan fingerprint density at radius 2 is 2.04 bits per heavy atom. The summed E-state index contributed by atoms with van der Waals surface area (Å²) in [6, 6.07) is 9.18. The minimum absolute atomic E-state index is 0.674. The van der Waals surface area contributed by atoms with Crippen molar-refractivity contribution in [3.63, 3.8) is 0 Å². The summed E-state index contributed by atoms with van der Waals surface area (Å²) in [5.74, 6) is 2.00. The van der Waals surface area contributed by atoms with E-state index < -0.39 is 0 Å². The lowest BCUT2D eigenvalue weighted by atomic mass is 9.95. The molecule has 3 aliphatic rings. The third kappa shape index (κ3) is 3.46. The number of hydrogen-bond donors (Lipinski definition) is 0. The topological polar surface area (TPSA) is 33.5 Å². The van der Waals surface area contributed by atoms with Gasteiger partial charge in [0.15, 0.2) is 0 Å². The Hall–Kier alpha value is -1.43. The molecule has 2 aromatic rings. The first kappa shape index (κ1) is 17.0. The number of aryl methyl sites for hydroxylation is 1. The third-order valence-electron chi connectivity index (χ3n) is 5.90. The minimum atomic E-state index is 0.674. The summed E-state index contributed by atoms with van der Waals surface area (Å²) < 4.78 is 7.69. The van der Waals surface area contributed by atoms with Crippen molar-refractivity contribution in [2.45, 2.75) is 38.9 Å². The van der Waals surface area contributed by atoms with Gasteiger partial charge in [-0.05, 0) is 37.8 Å². The van der Waals surface area contributed by atoms with Crippen LogP contribution in [0.25, 0.3) is 11.0 Å². The van der Waals surface area contributed by atoms with Gasteiger partial charge in [0.1, 0.15) is 5.82 Å². The van der Waals surface area contributed by atoms with Crippen molar-refractivity contribution in [1.82, 2.24) is 19.4 Å². The number of ether oxygens (including phenoxy) is 1. The maximum Gasteiger partial charge on any atom is 0.124 e. The smallest absolute Gasteiger partial charge is 0.124 e. The fourth-order valence-electron chi connectivity index (χ4n) is 4.69. The Morgan fingerprint density at radius 1 is 1.16 bits per heavy atom. The van der Waals surface area contributed by atoms with E-state index in [2.05, 4.69) is 45.6 Å². The van der Waals surface area contributed by atoms with Crippen molar-refractivity contribution in [2.24, 2.45) is 5.92 Å². The average Bonchev–Trinajstić information content (AvgIpc) is 2.75. The van der Waals surface area contributed by atoms with Gasteiger partial charge in [0.05, 0.1) is 24.2 Å². The number of rotatable bonds is 6. The summed E-state index contributed by atoms with van der Waals surface area (Å²) in [4.78, 5) is 10.2. The molecule has 3 aliphatic heterocycles. The number of hydrogen-bond acceptors (Lipinski definition) is 4.